The van der Waals surface area contributed by atoms with E-state index in [0.717, 1.165) is 21.6 Å². The third-order valence-corrected chi connectivity index (χ3v) is 2.76. The molecule has 0 N–H and O–H groups in total. The van der Waals surface area contributed by atoms with E-state index in [1.54, 1.807) is 0 Å². The maximum absolute atomic E-state index is 8.83. The van der Waals surface area contributed by atoms with E-state index >= 15 is 0 Å². The molecule has 3 heteroatoms. The number of fused-ring (bicyclic) bond motifs is 1. The highest BCUT2D eigenvalue weighted by Crippen LogP contribution is 2.35. The van der Waals surface area contributed by atoms with E-state index in [-0.39, 0.29) is 5.70 Å². The van der Waals surface area contributed by atoms with E-state index < -0.39 is 0 Å². The standard InChI is InChI=1S/C12H6N2S/c1-14-11(7-13)10-6-12(15)9-5-3-2-4-8(9)10/h2-5H,6H2/b11-10+. The fourth-order valence-corrected chi connectivity index (χ4v) is 2.03. The molecule has 2 nitrogen and oxygen atoms in total. The minimum atomic E-state index is 0.155. The summed E-state index contributed by atoms with van der Waals surface area (Å²) in [4.78, 5) is 4.05. The van der Waals surface area contributed by atoms with Crippen LogP contribution < -0.4 is 0 Å². The maximum Gasteiger partial charge on any atom is 0.266 e. The molecule has 0 saturated heterocycles. The van der Waals surface area contributed by atoms with Gasteiger partial charge in [0.15, 0.2) is 0 Å². The Labute approximate surface area is 93.3 Å². The first-order valence-electron chi connectivity index (χ1n) is 4.41. The predicted octanol–water partition coefficient (Wildman–Crippen LogP) is 2.96. The SMILES string of the molecule is [C-]#[N+]/C(C#N)=C1\CC(=S)c2ccccc21. The Morgan fingerprint density at radius 3 is 2.67 bits per heavy atom. The first kappa shape index (κ1) is 9.58. The average molecular weight is 210 g/mol. The van der Waals surface area contributed by atoms with E-state index in [4.69, 9.17) is 24.1 Å². The molecule has 0 heterocycles. The van der Waals surface area contributed by atoms with E-state index in [9.17, 15) is 0 Å². The lowest BCUT2D eigenvalue weighted by molar-refractivity contribution is 1.46. The van der Waals surface area contributed by atoms with Crippen LogP contribution in [0, 0.1) is 17.9 Å². The molecule has 0 saturated carbocycles. The van der Waals surface area contributed by atoms with Gasteiger partial charge in [-0.2, -0.15) is 0 Å². The van der Waals surface area contributed by atoms with Crippen molar-refractivity contribution in [2.75, 3.05) is 0 Å². The fraction of sp³-hybridized carbons (Fsp3) is 0.0833. The largest absolute Gasteiger partial charge is 0.266 e. The van der Waals surface area contributed by atoms with Crippen LogP contribution in [0.25, 0.3) is 10.4 Å². The number of hydrogen-bond donors (Lipinski definition) is 0. The minimum absolute atomic E-state index is 0.155. The van der Waals surface area contributed by atoms with Gasteiger partial charge in [-0.1, -0.05) is 36.5 Å². The number of rotatable bonds is 0. The van der Waals surface area contributed by atoms with E-state index in [0.29, 0.717) is 6.42 Å². The zero-order chi connectivity index (χ0) is 10.8. The quantitative estimate of drug-likeness (QED) is 0.374. The topological polar surface area (TPSA) is 28.1 Å². The van der Waals surface area contributed by atoms with Crippen molar-refractivity contribution in [2.45, 2.75) is 6.42 Å². The molecule has 1 aromatic carbocycles. The first-order valence-corrected chi connectivity index (χ1v) is 4.82. The van der Waals surface area contributed by atoms with Crippen LogP contribution in [-0.4, -0.2) is 4.86 Å². The summed E-state index contributed by atoms with van der Waals surface area (Å²) >= 11 is 5.22. The number of benzene rings is 1. The fourth-order valence-electron chi connectivity index (χ4n) is 1.71. The molecule has 15 heavy (non-hydrogen) atoms. The molecule has 0 atom stereocenters. The Morgan fingerprint density at radius 2 is 2.07 bits per heavy atom. The van der Waals surface area contributed by atoms with Crippen molar-refractivity contribution >= 4 is 22.7 Å². The summed E-state index contributed by atoms with van der Waals surface area (Å²) in [6.07, 6.45) is 0.542. The summed E-state index contributed by atoms with van der Waals surface area (Å²) in [5.41, 5.74) is 2.85. The van der Waals surface area contributed by atoms with Gasteiger partial charge >= 0.3 is 0 Å². The van der Waals surface area contributed by atoms with Crippen molar-refractivity contribution in [1.29, 1.82) is 5.26 Å². The summed E-state index contributed by atoms with van der Waals surface area (Å²) in [6, 6.07) is 9.57. The number of nitrogens with zero attached hydrogens (tertiary/aromatic N) is 2. The number of allylic oxidation sites excluding steroid dienone is 2. The van der Waals surface area contributed by atoms with E-state index in [1.807, 2.05) is 30.3 Å². The van der Waals surface area contributed by atoms with Gasteiger partial charge < -0.3 is 0 Å². The van der Waals surface area contributed by atoms with Crippen LogP contribution in [0.1, 0.15) is 17.5 Å². The number of thiocarbonyl (C=S) groups is 1. The lowest BCUT2D eigenvalue weighted by Crippen LogP contribution is -1.86. The monoisotopic (exact) mass is 210 g/mol. The molecular formula is C12H6N2S. The highest BCUT2D eigenvalue weighted by atomic mass is 32.1. The maximum atomic E-state index is 8.83. The first-order chi connectivity index (χ1) is 7.27. The molecule has 1 aliphatic carbocycles. The van der Waals surface area contributed by atoms with Crippen molar-refractivity contribution in [3.8, 4) is 6.07 Å². The Hall–Kier alpha value is -1.97. The van der Waals surface area contributed by atoms with Gasteiger partial charge in [0.25, 0.3) is 5.70 Å². The minimum Gasteiger partial charge on any atom is -0.226 e. The highest BCUT2D eigenvalue weighted by molar-refractivity contribution is 7.81. The van der Waals surface area contributed by atoms with Crippen LogP contribution in [0.3, 0.4) is 0 Å². The van der Waals surface area contributed by atoms with Crippen molar-refractivity contribution in [3.63, 3.8) is 0 Å². The Bertz CT molecular complexity index is 540. The van der Waals surface area contributed by atoms with Crippen LogP contribution in [-0.2, 0) is 0 Å². The molecule has 1 aliphatic rings. The van der Waals surface area contributed by atoms with Crippen molar-refractivity contribution in [1.82, 2.24) is 0 Å². The van der Waals surface area contributed by atoms with Crippen molar-refractivity contribution in [3.05, 3.63) is 52.5 Å². The second-order valence-corrected chi connectivity index (χ2v) is 3.69. The molecule has 1 aromatic rings. The van der Waals surface area contributed by atoms with Gasteiger partial charge in [-0.3, -0.25) is 0 Å². The summed E-state index contributed by atoms with van der Waals surface area (Å²) < 4.78 is 0. The van der Waals surface area contributed by atoms with E-state index in [1.165, 1.54) is 0 Å². The molecule has 0 amide bonds. The second-order valence-electron chi connectivity index (χ2n) is 3.20. The normalized spacial score (nSPS) is 16.5. The zero-order valence-electron chi connectivity index (χ0n) is 7.82. The van der Waals surface area contributed by atoms with Crippen LogP contribution in [0.4, 0.5) is 0 Å². The third kappa shape index (κ3) is 1.44. The molecular weight excluding hydrogens is 204 g/mol. The molecule has 2 rings (SSSR count). The zero-order valence-corrected chi connectivity index (χ0v) is 8.64. The van der Waals surface area contributed by atoms with Gasteiger partial charge in [-0.25, -0.2) is 10.1 Å². The Kier molecular flexibility index (Phi) is 2.33. The van der Waals surface area contributed by atoms with Gasteiger partial charge in [-0.15, -0.1) is 0 Å². The summed E-state index contributed by atoms with van der Waals surface area (Å²) in [7, 11) is 0. The van der Waals surface area contributed by atoms with Crippen LogP contribution in [0.2, 0.25) is 0 Å². The van der Waals surface area contributed by atoms with Gasteiger partial charge in [0, 0.05) is 11.3 Å². The van der Waals surface area contributed by atoms with Gasteiger partial charge in [0.1, 0.15) is 0 Å². The lowest BCUT2D eigenvalue weighted by atomic mass is 10.1. The molecule has 0 aromatic heterocycles. The van der Waals surface area contributed by atoms with Crippen molar-refractivity contribution < 1.29 is 0 Å². The molecule has 0 unspecified atom stereocenters. The van der Waals surface area contributed by atoms with Crippen LogP contribution in [0.15, 0.2) is 30.0 Å². The number of nitriles is 1. The third-order valence-electron chi connectivity index (χ3n) is 2.39. The molecule has 70 valence electrons. The van der Waals surface area contributed by atoms with Crippen molar-refractivity contribution in [2.24, 2.45) is 0 Å². The van der Waals surface area contributed by atoms with Gasteiger partial charge in [-0.05, 0) is 16.7 Å². The number of hydrogen-bond acceptors (Lipinski definition) is 2. The molecule has 0 radical (unpaired) electrons. The lowest BCUT2D eigenvalue weighted by Gasteiger charge is -1.98. The van der Waals surface area contributed by atoms with Gasteiger partial charge in [0.05, 0.1) is 12.6 Å². The molecule has 0 fully saturated rings. The predicted molar refractivity (Wildman–Crippen MR) is 61.9 cm³/mol. The van der Waals surface area contributed by atoms with Gasteiger partial charge in [0.2, 0.25) is 0 Å². The smallest absolute Gasteiger partial charge is 0.226 e. The molecule has 0 spiro atoms. The van der Waals surface area contributed by atoms with Crippen LogP contribution in [0.5, 0.6) is 0 Å². The summed E-state index contributed by atoms with van der Waals surface area (Å²) in [6.45, 7) is 6.93. The van der Waals surface area contributed by atoms with Crippen LogP contribution >= 0.6 is 12.2 Å². The highest BCUT2D eigenvalue weighted by Gasteiger charge is 2.23. The summed E-state index contributed by atoms with van der Waals surface area (Å²) in [5.74, 6) is 0. The second kappa shape index (κ2) is 3.65. The Morgan fingerprint density at radius 1 is 1.40 bits per heavy atom. The van der Waals surface area contributed by atoms with E-state index in [2.05, 4.69) is 4.85 Å². The molecule has 0 bridgehead atoms. The Balaban J connectivity index is 2.71. The summed E-state index contributed by atoms with van der Waals surface area (Å²) in [5, 5.41) is 8.83. The molecule has 0 aliphatic heterocycles. The average Bonchev–Trinajstić information content (AvgIpc) is 2.60.